The van der Waals surface area contributed by atoms with E-state index in [9.17, 15) is 9.59 Å². The Kier molecular flexibility index (Phi) is 3.83. The molecule has 2 aliphatic rings. The van der Waals surface area contributed by atoms with E-state index in [2.05, 4.69) is 10.3 Å². The van der Waals surface area contributed by atoms with Crippen LogP contribution in [-0.4, -0.2) is 42.4 Å². The monoisotopic (exact) mass is 305 g/mol. The average molecular weight is 305 g/mol. The number of amides is 2. The van der Waals surface area contributed by atoms with E-state index in [1.807, 2.05) is 0 Å². The number of anilines is 1. The molecule has 1 aromatic rings. The Balaban J connectivity index is 1.76. The van der Waals surface area contributed by atoms with Crippen molar-refractivity contribution < 1.29 is 14.3 Å². The predicted molar refractivity (Wildman–Crippen MR) is 81.8 cm³/mol. The van der Waals surface area contributed by atoms with Gasteiger partial charge in [0.2, 0.25) is 11.8 Å². The molecule has 2 aliphatic heterocycles. The third kappa shape index (κ3) is 2.73. The lowest BCUT2D eigenvalue weighted by atomic mass is 10.3. The number of rotatable bonds is 3. The standard InChI is InChI=1S/C14H15N3O3S/c1-20-10-4-2-9(3-5-10)17-12(18)8-11(13(17)19)21-14-15-6-7-16-14/h2-5,11H,6-8H2,1H3,(H,15,16)/t11-/m1/s1. The number of imide groups is 1. The molecule has 0 spiro atoms. The fraction of sp³-hybridized carbons (Fsp3) is 0.357. The van der Waals surface area contributed by atoms with Gasteiger partial charge in [-0.15, -0.1) is 0 Å². The lowest BCUT2D eigenvalue weighted by Crippen LogP contribution is -2.31. The summed E-state index contributed by atoms with van der Waals surface area (Å²) in [6.45, 7) is 1.51. The van der Waals surface area contributed by atoms with Gasteiger partial charge in [0.05, 0.1) is 19.3 Å². The first-order valence-electron chi connectivity index (χ1n) is 6.65. The van der Waals surface area contributed by atoms with Gasteiger partial charge in [-0.2, -0.15) is 0 Å². The molecule has 1 saturated heterocycles. The number of amidine groups is 1. The number of benzene rings is 1. The SMILES string of the molecule is COc1ccc(N2C(=O)C[C@@H](SC3=NCCN3)C2=O)cc1. The predicted octanol–water partition coefficient (Wildman–Crippen LogP) is 1.02. The van der Waals surface area contributed by atoms with Crippen LogP contribution in [0.1, 0.15) is 6.42 Å². The van der Waals surface area contributed by atoms with E-state index in [0.717, 1.165) is 18.3 Å². The summed E-state index contributed by atoms with van der Waals surface area (Å²) in [6, 6.07) is 6.90. The number of nitrogens with one attached hydrogen (secondary N) is 1. The molecule has 2 heterocycles. The second-order valence-electron chi connectivity index (χ2n) is 4.69. The zero-order chi connectivity index (χ0) is 14.8. The minimum Gasteiger partial charge on any atom is -0.497 e. The van der Waals surface area contributed by atoms with Crippen LogP contribution in [0.2, 0.25) is 0 Å². The summed E-state index contributed by atoms with van der Waals surface area (Å²) < 4.78 is 5.08. The highest BCUT2D eigenvalue weighted by atomic mass is 32.2. The summed E-state index contributed by atoms with van der Waals surface area (Å²) in [7, 11) is 1.57. The summed E-state index contributed by atoms with van der Waals surface area (Å²) in [6.07, 6.45) is 0.205. The number of nitrogens with zero attached hydrogens (tertiary/aromatic N) is 2. The second-order valence-corrected chi connectivity index (χ2v) is 5.88. The fourth-order valence-corrected chi connectivity index (χ4v) is 3.34. The van der Waals surface area contributed by atoms with Crippen LogP contribution in [-0.2, 0) is 9.59 Å². The lowest BCUT2D eigenvalue weighted by molar-refractivity contribution is -0.121. The first-order valence-corrected chi connectivity index (χ1v) is 7.53. The van der Waals surface area contributed by atoms with Gasteiger partial charge in [-0.1, -0.05) is 11.8 Å². The Morgan fingerprint density at radius 3 is 2.71 bits per heavy atom. The molecule has 0 bridgehead atoms. The van der Waals surface area contributed by atoms with Gasteiger partial charge in [0.1, 0.15) is 11.0 Å². The molecule has 0 aromatic heterocycles. The van der Waals surface area contributed by atoms with Gasteiger partial charge in [-0.25, -0.2) is 4.90 Å². The number of carbonyl (C=O) groups excluding carboxylic acids is 2. The van der Waals surface area contributed by atoms with E-state index in [4.69, 9.17) is 4.74 Å². The van der Waals surface area contributed by atoms with Gasteiger partial charge in [-0.05, 0) is 24.3 Å². The van der Waals surface area contributed by atoms with Crippen LogP contribution in [0.3, 0.4) is 0 Å². The van der Waals surface area contributed by atoms with Crippen molar-refractivity contribution in [2.45, 2.75) is 11.7 Å². The summed E-state index contributed by atoms with van der Waals surface area (Å²) in [5.74, 6) is 0.320. The molecule has 1 aromatic carbocycles. The zero-order valence-corrected chi connectivity index (χ0v) is 12.4. The quantitative estimate of drug-likeness (QED) is 0.844. The maximum absolute atomic E-state index is 12.4. The molecule has 6 nitrogen and oxygen atoms in total. The largest absolute Gasteiger partial charge is 0.497 e. The fourth-order valence-electron chi connectivity index (χ4n) is 2.29. The number of ether oxygens (including phenoxy) is 1. The normalized spacial score (nSPS) is 21.5. The van der Waals surface area contributed by atoms with Gasteiger partial charge in [0.25, 0.3) is 0 Å². The number of methoxy groups -OCH3 is 1. The molecular formula is C14H15N3O3S. The Hall–Kier alpha value is -2.02. The van der Waals surface area contributed by atoms with Crippen molar-refractivity contribution in [3.05, 3.63) is 24.3 Å². The Labute approximate surface area is 126 Å². The topological polar surface area (TPSA) is 71.0 Å². The van der Waals surface area contributed by atoms with E-state index in [1.165, 1.54) is 16.7 Å². The van der Waals surface area contributed by atoms with Gasteiger partial charge in [0, 0.05) is 13.0 Å². The van der Waals surface area contributed by atoms with Gasteiger partial charge >= 0.3 is 0 Å². The molecule has 2 amide bonds. The lowest BCUT2D eigenvalue weighted by Gasteiger charge is -2.15. The summed E-state index contributed by atoms with van der Waals surface area (Å²) in [5, 5.41) is 3.45. The van der Waals surface area contributed by atoms with Crippen LogP contribution in [0.15, 0.2) is 29.3 Å². The molecule has 7 heteroatoms. The number of hydrogen-bond acceptors (Lipinski definition) is 6. The minimum absolute atomic E-state index is 0.179. The molecule has 0 saturated carbocycles. The van der Waals surface area contributed by atoms with Crippen molar-refractivity contribution in [3.8, 4) is 5.75 Å². The van der Waals surface area contributed by atoms with Crippen LogP contribution in [0.4, 0.5) is 5.69 Å². The van der Waals surface area contributed by atoms with Crippen molar-refractivity contribution >= 4 is 34.4 Å². The number of aliphatic imine (C=N–C) groups is 1. The van der Waals surface area contributed by atoms with Crippen LogP contribution in [0, 0.1) is 0 Å². The maximum Gasteiger partial charge on any atom is 0.247 e. The minimum atomic E-state index is -0.399. The third-order valence-electron chi connectivity index (χ3n) is 3.33. The van der Waals surface area contributed by atoms with Crippen LogP contribution in [0.25, 0.3) is 0 Å². The van der Waals surface area contributed by atoms with Gasteiger partial charge < -0.3 is 10.1 Å². The molecule has 0 unspecified atom stereocenters. The highest BCUT2D eigenvalue weighted by Crippen LogP contribution is 2.31. The van der Waals surface area contributed by atoms with E-state index in [-0.39, 0.29) is 18.2 Å². The number of hydrogen-bond donors (Lipinski definition) is 1. The van der Waals surface area contributed by atoms with Crippen molar-refractivity contribution in [1.29, 1.82) is 0 Å². The Morgan fingerprint density at radius 2 is 2.10 bits per heavy atom. The summed E-state index contributed by atoms with van der Waals surface area (Å²) >= 11 is 1.33. The van der Waals surface area contributed by atoms with E-state index in [0.29, 0.717) is 11.4 Å². The molecular weight excluding hydrogens is 290 g/mol. The van der Waals surface area contributed by atoms with Crippen molar-refractivity contribution in [2.24, 2.45) is 4.99 Å². The molecule has 1 N–H and O–H groups in total. The molecule has 110 valence electrons. The highest BCUT2D eigenvalue weighted by molar-refractivity contribution is 8.15. The molecule has 21 heavy (non-hydrogen) atoms. The Bertz CT molecular complexity index is 600. The summed E-state index contributed by atoms with van der Waals surface area (Å²) in [4.78, 5) is 30.0. The number of carbonyl (C=O) groups is 2. The van der Waals surface area contributed by atoms with Crippen molar-refractivity contribution in [1.82, 2.24) is 5.32 Å². The van der Waals surface area contributed by atoms with Crippen LogP contribution < -0.4 is 15.0 Å². The van der Waals surface area contributed by atoms with E-state index in [1.54, 1.807) is 31.4 Å². The summed E-state index contributed by atoms with van der Waals surface area (Å²) in [5.41, 5.74) is 0.579. The second kappa shape index (κ2) is 5.77. The zero-order valence-electron chi connectivity index (χ0n) is 11.5. The molecule has 0 aliphatic carbocycles. The highest BCUT2D eigenvalue weighted by Gasteiger charge is 2.40. The van der Waals surface area contributed by atoms with Gasteiger partial charge in [-0.3, -0.25) is 14.6 Å². The van der Waals surface area contributed by atoms with Crippen LogP contribution in [0.5, 0.6) is 5.75 Å². The number of thioether (sulfide) groups is 1. The van der Waals surface area contributed by atoms with E-state index < -0.39 is 5.25 Å². The van der Waals surface area contributed by atoms with Gasteiger partial charge in [0.15, 0.2) is 5.17 Å². The molecule has 1 atom stereocenters. The first kappa shape index (κ1) is 13.9. The van der Waals surface area contributed by atoms with Crippen LogP contribution >= 0.6 is 11.8 Å². The average Bonchev–Trinajstić information content (AvgIpc) is 3.09. The maximum atomic E-state index is 12.4. The Morgan fingerprint density at radius 1 is 1.33 bits per heavy atom. The molecule has 0 radical (unpaired) electrons. The smallest absolute Gasteiger partial charge is 0.247 e. The first-order chi connectivity index (χ1) is 10.2. The third-order valence-corrected chi connectivity index (χ3v) is 4.48. The van der Waals surface area contributed by atoms with Crippen molar-refractivity contribution in [2.75, 3.05) is 25.1 Å². The van der Waals surface area contributed by atoms with Crippen molar-refractivity contribution in [3.63, 3.8) is 0 Å². The molecule has 1 fully saturated rings. The molecule has 3 rings (SSSR count). The van der Waals surface area contributed by atoms with E-state index >= 15 is 0 Å².